The molecule has 3 saturated carbocycles. The van der Waals surface area contributed by atoms with Crippen molar-refractivity contribution in [2.24, 2.45) is 28.6 Å². The summed E-state index contributed by atoms with van der Waals surface area (Å²) < 4.78 is 11.6. The second-order valence-electron chi connectivity index (χ2n) is 10.0. The van der Waals surface area contributed by atoms with E-state index in [0.29, 0.717) is 10.8 Å². The number of fused-ring (bicyclic) bond motifs is 6. The molecule has 0 N–H and O–H groups in total. The molecule has 1 saturated heterocycles. The minimum absolute atomic E-state index is 0.108. The van der Waals surface area contributed by atoms with Gasteiger partial charge in [0.05, 0.1) is 12.2 Å². The number of esters is 1. The van der Waals surface area contributed by atoms with Crippen molar-refractivity contribution in [3.63, 3.8) is 0 Å². The minimum atomic E-state index is -0.128. The van der Waals surface area contributed by atoms with Crippen LogP contribution < -0.4 is 0 Å². The zero-order valence-corrected chi connectivity index (χ0v) is 16.0. The van der Waals surface area contributed by atoms with Gasteiger partial charge in [0, 0.05) is 18.8 Å². The van der Waals surface area contributed by atoms with Crippen LogP contribution in [-0.4, -0.2) is 24.3 Å². The Kier molecular flexibility index (Phi) is 3.35. The molecule has 1 spiro atoms. The number of ether oxygens (including phenoxy) is 2. The average Bonchev–Trinajstić information content (AvgIpc) is 3.29. The first-order valence-electron chi connectivity index (χ1n) is 10.4. The molecule has 0 aromatic rings. The van der Waals surface area contributed by atoms with E-state index in [9.17, 15) is 4.79 Å². The normalized spacial score (nSPS) is 53.5. The van der Waals surface area contributed by atoms with Gasteiger partial charge >= 0.3 is 5.97 Å². The van der Waals surface area contributed by atoms with Crippen LogP contribution >= 0.6 is 0 Å². The third-order valence-corrected chi connectivity index (χ3v) is 9.17. The average molecular weight is 344 g/mol. The van der Waals surface area contributed by atoms with Gasteiger partial charge in [0.25, 0.3) is 0 Å². The summed E-state index contributed by atoms with van der Waals surface area (Å²) in [4.78, 5) is 11.4. The van der Waals surface area contributed by atoms with E-state index in [1.54, 1.807) is 5.57 Å². The third kappa shape index (κ3) is 2.11. The highest BCUT2D eigenvalue weighted by Crippen LogP contribution is 2.70. The number of carbonyl (C=O) groups excluding carboxylic acids is 1. The van der Waals surface area contributed by atoms with Gasteiger partial charge in [-0.25, -0.2) is 0 Å². The third-order valence-electron chi connectivity index (χ3n) is 9.17. The Hall–Kier alpha value is -0.830. The largest absolute Gasteiger partial charge is 0.462 e. The summed E-state index contributed by atoms with van der Waals surface area (Å²) in [5.41, 5.74) is 2.59. The molecular formula is C22H32O3. The Morgan fingerprint density at radius 3 is 2.64 bits per heavy atom. The monoisotopic (exact) mass is 344 g/mol. The van der Waals surface area contributed by atoms with E-state index < -0.39 is 0 Å². The molecule has 2 unspecified atom stereocenters. The molecular weight excluding hydrogens is 312 g/mol. The van der Waals surface area contributed by atoms with Crippen LogP contribution in [0, 0.1) is 28.6 Å². The molecule has 3 heteroatoms. The second kappa shape index (κ2) is 5.12. The lowest BCUT2D eigenvalue weighted by molar-refractivity contribution is -0.148. The van der Waals surface area contributed by atoms with Crippen LogP contribution in [0.1, 0.15) is 72.1 Å². The van der Waals surface area contributed by atoms with E-state index >= 15 is 0 Å². The molecule has 5 aliphatic rings. The lowest BCUT2D eigenvalue weighted by Gasteiger charge is -2.57. The molecule has 0 amide bonds. The molecule has 0 radical (unpaired) electrons. The molecule has 7 atom stereocenters. The molecule has 0 bridgehead atoms. The van der Waals surface area contributed by atoms with Crippen molar-refractivity contribution in [3.8, 4) is 0 Å². The standard InChI is InChI=1S/C22H32O3/c1-14(23)25-16-6-9-20(2)15(12-16)4-5-17-18(20)7-10-21(3)19(17)8-11-22(21)13-24-22/h4,16-19H,5-13H2,1-3H3/t16?,17-,18-,19+,20+,21+,22?/m1/s1. The fraction of sp³-hybridized carbons (Fsp3) is 0.864. The quantitative estimate of drug-likeness (QED) is 0.395. The van der Waals surface area contributed by atoms with Crippen molar-refractivity contribution < 1.29 is 14.3 Å². The van der Waals surface area contributed by atoms with Gasteiger partial charge < -0.3 is 9.47 Å². The van der Waals surface area contributed by atoms with Crippen LogP contribution in [0.5, 0.6) is 0 Å². The smallest absolute Gasteiger partial charge is 0.302 e. The Balaban J connectivity index is 1.42. The summed E-state index contributed by atoms with van der Waals surface area (Å²) in [5, 5.41) is 0. The number of hydrogen-bond donors (Lipinski definition) is 0. The molecule has 25 heavy (non-hydrogen) atoms. The minimum Gasteiger partial charge on any atom is -0.462 e. The van der Waals surface area contributed by atoms with Crippen molar-refractivity contribution in [1.82, 2.24) is 0 Å². The van der Waals surface area contributed by atoms with E-state index in [-0.39, 0.29) is 17.7 Å². The molecule has 1 heterocycles. The first kappa shape index (κ1) is 16.4. The Labute approximate surface area is 151 Å². The van der Waals surface area contributed by atoms with Crippen molar-refractivity contribution in [1.29, 1.82) is 0 Å². The Morgan fingerprint density at radius 2 is 1.92 bits per heavy atom. The van der Waals surface area contributed by atoms with Crippen LogP contribution in [-0.2, 0) is 14.3 Å². The summed E-state index contributed by atoms with van der Waals surface area (Å²) in [6, 6.07) is 0. The Bertz CT molecular complexity index is 633. The van der Waals surface area contributed by atoms with Gasteiger partial charge in [-0.15, -0.1) is 0 Å². The zero-order valence-electron chi connectivity index (χ0n) is 16.0. The molecule has 4 fully saturated rings. The van der Waals surface area contributed by atoms with Crippen LogP contribution in [0.2, 0.25) is 0 Å². The van der Waals surface area contributed by atoms with Crippen LogP contribution in [0.25, 0.3) is 0 Å². The highest BCUT2D eigenvalue weighted by atomic mass is 16.6. The maximum Gasteiger partial charge on any atom is 0.302 e. The van der Waals surface area contributed by atoms with Crippen molar-refractivity contribution >= 4 is 5.97 Å². The zero-order chi connectivity index (χ0) is 17.4. The summed E-state index contributed by atoms with van der Waals surface area (Å²) in [6.45, 7) is 7.60. The molecule has 138 valence electrons. The molecule has 1 aliphatic heterocycles. The van der Waals surface area contributed by atoms with Crippen LogP contribution in [0.3, 0.4) is 0 Å². The predicted octanol–water partition coefficient (Wildman–Crippen LogP) is 4.65. The van der Waals surface area contributed by atoms with Gasteiger partial charge in [0.2, 0.25) is 0 Å². The van der Waals surface area contributed by atoms with Crippen molar-refractivity contribution in [2.75, 3.05) is 6.61 Å². The molecule has 4 aliphatic carbocycles. The fourth-order valence-electron chi connectivity index (χ4n) is 7.62. The summed E-state index contributed by atoms with van der Waals surface area (Å²) in [7, 11) is 0. The van der Waals surface area contributed by atoms with E-state index in [2.05, 4.69) is 19.9 Å². The summed E-state index contributed by atoms with van der Waals surface area (Å²) >= 11 is 0. The van der Waals surface area contributed by atoms with E-state index in [4.69, 9.17) is 9.47 Å². The number of allylic oxidation sites excluding steroid dienone is 1. The fourth-order valence-corrected chi connectivity index (χ4v) is 7.62. The van der Waals surface area contributed by atoms with Crippen LogP contribution in [0.4, 0.5) is 0 Å². The lowest BCUT2D eigenvalue weighted by atomic mass is 9.47. The highest BCUT2D eigenvalue weighted by molar-refractivity contribution is 5.66. The van der Waals surface area contributed by atoms with Gasteiger partial charge in [-0.2, -0.15) is 0 Å². The maximum atomic E-state index is 11.4. The first-order chi connectivity index (χ1) is 11.9. The van der Waals surface area contributed by atoms with Crippen molar-refractivity contribution in [3.05, 3.63) is 11.6 Å². The Morgan fingerprint density at radius 1 is 1.16 bits per heavy atom. The number of epoxide rings is 1. The second-order valence-corrected chi connectivity index (χ2v) is 10.0. The SMILES string of the molecule is CC(=O)OC1CC[C@@]2(C)C(=CC[C@@H]3[C@H]2CC[C@@]2(C)[C@H]3CCC23CO3)C1. The number of carbonyl (C=O) groups is 1. The molecule has 5 rings (SSSR count). The molecule has 3 nitrogen and oxygen atoms in total. The van der Waals surface area contributed by atoms with E-state index in [1.165, 1.54) is 45.4 Å². The van der Waals surface area contributed by atoms with Crippen molar-refractivity contribution in [2.45, 2.75) is 83.8 Å². The van der Waals surface area contributed by atoms with Gasteiger partial charge in [-0.05, 0) is 68.1 Å². The number of rotatable bonds is 1. The molecule has 0 aromatic carbocycles. The summed E-state index contributed by atoms with van der Waals surface area (Å²) in [5.74, 6) is 2.37. The van der Waals surface area contributed by atoms with Crippen LogP contribution in [0.15, 0.2) is 11.6 Å². The highest BCUT2D eigenvalue weighted by Gasteiger charge is 2.69. The number of hydrogen-bond acceptors (Lipinski definition) is 3. The maximum absolute atomic E-state index is 11.4. The topological polar surface area (TPSA) is 38.8 Å². The molecule has 0 aromatic heterocycles. The van der Waals surface area contributed by atoms with E-state index in [1.807, 2.05) is 0 Å². The van der Waals surface area contributed by atoms with E-state index in [0.717, 1.165) is 37.2 Å². The van der Waals surface area contributed by atoms with Gasteiger partial charge in [0.15, 0.2) is 0 Å². The van der Waals surface area contributed by atoms with Gasteiger partial charge in [-0.3, -0.25) is 4.79 Å². The first-order valence-corrected chi connectivity index (χ1v) is 10.4. The lowest BCUT2D eigenvalue weighted by Crippen LogP contribution is -2.52. The van der Waals surface area contributed by atoms with Gasteiger partial charge in [-0.1, -0.05) is 25.5 Å². The van der Waals surface area contributed by atoms with Gasteiger partial charge in [0.1, 0.15) is 6.10 Å². The summed E-state index contributed by atoms with van der Waals surface area (Å²) in [6.07, 6.45) is 12.4. The predicted molar refractivity (Wildman–Crippen MR) is 95.9 cm³/mol.